The second-order valence-corrected chi connectivity index (χ2v) is 9.36. The van der Waals surface area contributed by atoms with E-state index in [2.05, 4.69) is 39.4 Å². The zero-order chi connectivity index (χ0) is 19.3. The molecule has 0 aromatic heterocycles. The van der Waals surface area contributed by atoms with Crippen molar-refractivity contribution in [2.45, 2.75) is 25.4 Å². The number of carbonyl (C=O) groups excluding carboxylic acids is 1. The van der Waals surface area contributed by atoms with E-state index in [1.807, 2.05) is 6.07 Å². The number of rotatable bonds is 7. The Balaban J connectivity index is 1.36. The van der Waals surface area contributed by atoms with E-state index in [1.54, 1.807) is 0 Å². The van der Waals surface area contributed by atoms with Crippen molar-refractivity contribution in [3.8, 4) is 0 Å². The zero-order valence-corrected chi connectivity index (χ0v) is 16.8. The lowest BCUT2D eigenvalue weighted by atomic mass is 10.2. The third-order valence-electron chi connectivity index (χ3n) is 5.37. The molecular formula is C19H30N4O3S. The molecule has 2 fully saturated rings. The summed E-state index contributed by atoms with van der Waals surface area (Å²) in [7, 11) is -3.32. The summed E-state index contributed by atoms with van der Waals surface area (Å²) in [6.45, 7) is 6.81. The van der Waals surface area contributed by atoms with E-state index in [0.29, 0.717) is 19.5 Å². The first kappa shape index (κ1) is 20.3. The zero-order valence-electron chi connectivity index (χ0n) is 16.0. The van der Waals surface area contributed by atoms with Crippen molar-refractivity contribution in [3.05, 3.63) is 35.9 Å². The standard InChI is InChI=1S/C19H30N4O3S/c1-27(25,26)23-10-5-8-18(23)19(24)20-9-11-21-12-14-22(15-13-21)16-17-6-3-2-4-7-17/h2-4,6-7,18H,5,8-16H2,1H3,(H,20,24). The van der Waals surface area contributed by atoms with E-state index in [9.17, 15) is 13.2 Å². The van der Waals surface area contributed by atoms with Crippen LogP contribution in [0.2, 0.25) is 0 Å². The van der Waals surface area contributed by atoms with Gasteiger partial charge in [0, 0.05) is 52.4 Å². The van der Waals surface area contributed by atoms with E-state index in [-0.39, 0.29) is 5.91 Å². The molecule has 0 bridgehead atoms. The van der Waals surface area contributed by atoms with Gasteiger partial charge in [-0.3, -0.25) is 14.6 Å². The molecule has 1 aromatic carbocycles. The van der Waals surface area contributed by atoms with E-state index < -0.39 is 16.1 Å². The van der Waals surface area contributed by atoms with Crippen molar-refractivity contribution in [2.24, 2.45) is 0 Å². The highest BCUT2D eigenvalue weighted by Crippen LogP contribution is 2.20. The average molecular weight is 395 g/mol. The number of benzene rings is 1. The Hall–Kier alpha value is -1.48. The van der Waals surface area contributed by atoms with Gasteiger partial charge in [-0.1, -0.05) is 30.3 Å². The molecule has 1 aromatic rings. The summed E-state index contributed by atoms with van der Waals surface area (Å²) < 4.78 is 24.9. The number of piperazine rings is 1. The lowest BCUT2D eigenvalue weighted by Crippen LogP contribution is -2.50. The molecule has 2 aliphatic rings. The van der Waals surface area contributed by atoms with Crippen LogP contribution in [0.5, 0.6) is 0 Å². The maximum atomic E-state index is 12.4. The maximum Gasteiger partial charge on any atom is 0.238 e. The Morgan fingerprint density at radius 1 is 1.07 bits per heavy atom. The van der Waals surface area contributed by atoms with E-state index in [0.717, 1.165) is 45.7 Å². The monoisotopic (exact) mass is 394 g/mol. The van der Waals surface area contributed by atoms with Crippen LogP contribution in [0.1, 0.15) is 18.4 Å². The first-order valence-electron chi connectivity index (χ1n) is 9.66. The van der Waals surface area contributed by atoms with Crippen LogP contribution in [0, 0.1) is 0 Å². The molecule has 150 valence electrons. The van der Waals surface area contributed by atoms with Crippen LogP contribution < -0.4 is 5.32 Å². The topological polar surface area (TPSA) is 73.0 Å². The summed E-state index contributed by atoms with van der Waals surface area (Å²) in [5.74, 6) is -0.166. The number of hydrogen-bond acceptors (Lipinski definition) is 5. The lowest BCUT2D eigenvalue weighted by Gasteiger charge is -2.34. The predicted molar refractivity (Wildman–Crippen MR) is 106 cm³/mol. The van der Waals surface area contributed by atoms with Crippen LogP contribution in [-0.4, -0.2) is 86.5 Å². The minimum Gasteiger partial charge on any atom is -0.353 e. The molecule has 27 heavy (non-hydrogen) atoms. The SMILES string of the molecule is CS(=O)(=O)N1CCCC1C(=O)NCCN1CCN(Cc2ccccc2)CC1. The van der Waals surface area contributed by atoms with Gasteiger partial charge in [0.1, 0.15) is 6.04 Å². The van der Waals surface area contributed by atoms with Crippen molar-refractivity contribution >= 4 is 15.9 Å². The molecule has 1 unspecified atom stereocenters. The third-order valence-corrected chi connectivity index (χ3v) is 6.66. The van der Waals surface area contributed by atoms with Gasteiger partial charge in [0.15, 0.2) is 0 Å². The summed E-state index contributed by atoms with van der Waals surface area (Å²) >= 11 is 0. The molecule has 0 spiro atoms. The molecule has 2 heterocycles. The van der Waals surface area contributed by atoms with Gasteiger partial charge in [0.2, 0.25) is 15.9 Å². The Bertz CT molecular complexity index is 718. The van der Waals surface area contributed by atoms with Crippen LogP contribution in [0.15, 0.2) is 30.3 Å². The fraction of sp³-hybridized carbons (Fsp3) is 0.632. The van der Waals surface area contributed by atoms with Crippen molar-refractivity contribution in [1.29, 1.82) is 0 Å². The van der Waals surface area contributed by atoms with Crippen molar-refractivity contribution in [3.63, 3.8) is 0 Å². The Kier molecular flexibility index (Phi) is 6.86. The van der Waals surface area contributed by atoms with E-state index >= 15 is 0 Å². The number of amides is 1. The van der Waals surface area contributed by atoms with E-state index in [1.165, 1.54) is 16.1 Å². The Labute approximate surface area is 162 Å². The molecule has 1 N–H and O–H groups in total. The average Bonchev–Trinajstić information content (AvgIpc) is 3.14. The quantitative estimate of drug-likeness (QED) is 0.722. The van der Waals surface area contributed by atoms with Crippen molar-refractivity contribution in [1.82, 2.24) is 19.4 Å². The van der Waals surface area contributed by atoms with Crippen LogP contribution in [0.4, 0.5) is 0 Å². The van der Waals surface area contributed by atoms with Crippen LogP contribution in [0.3, 0.4) is 0 Å². The summed E-state index contributed by atoms with van der Waals surface area (Å²) in [6.07, 6.45) is 2.53. The lowest BCUT2D eigenvalue weighted by molar-refractivity contribution is -0.124. The highest BCUT2D eigenvalue weighted by Gasteiger charge is 2.36. The van der Waals surface area contributed by atoms with Crippen LogP contribution in [-0.2, 0) is 21.4 Å². The van der Waals surface area contributed by atoms with Crippen LogP contribution >= 0.6 is 0 Å². The number of nitrogens with zero attached hydrogens (tertiary/aromatic N) is 3. The fourth-order valence-corrected chi connectivity index (χ4v) is 4.99. The summed E-state index contributed by atoms with van der Waals surface area (Å²) in [5.41, 5.74) is 1.34. The van der Waals surface area contributed by atoms with E-state index in [4.69, 9.17) is 0 Å². The predicted octanol–water partition coefficient (Wildman–Crippen LogP) is 0.344. The number of hydrogen-bond donors (Lipinski definition) is 1. The molecule has 3 rings (SSSR count). The largest absolute Gasteiger partial charge is 0.353 e. The molecule has 2 saturated heterocycles. The van der Waals surface area contributed by atoms with Gasteiger partial charge in [-0.2, -0.15) is 4.31 Å². The maximum absolute atomic E-state index is 12.4. The molecule has 8 heteroatoms. The molecular weight excluding hydrogens is 364 g/mol. The Morgan fingerprint density at radius 2 is 1.74 bits per heavy atom. The normalized spacial score (nSPS) is 22.8. The first-order chi connectivity index (χ1) is 12.9. The molecule has 1 atom stereocenters. The van der Waals surface area contributed by atoms with Gasteiger partial charge in [-0.15, -0.1) is 0 Å². The van der Waals surface area contributed by atoms with Gasteiger partial charge in [0.25, 0.3) is 0 Å². The highest BCUT2D eigenvalue weighted by atomic mass is 32.2. The molecule has 2 aliphatic heterocycles. The fourth-order valence-electron chi connectivity index (χ4n) is 3.87. The van der Waals surface area contributed by atoms with Crippen molar-refractivity contribution in [2.75, 3.05) is 52.1 Å². The molecule has 0 saturated carbocycles. The van der Waals surface area contributed by atoms with Gasteiger partial charge < -0.3 is 5.32 Å². The summed E-state index contributed by atoms with van der Waals surface area (Å²) in [4.78, 5) is 17.2. The first-order valence-corrected chi connectivity index (χ1v) is 11.5. The minimum absolute atomic E-state index is 0.166. The van der Waals surface area contributed by atoms with Gasteiger partial charge in [-0.25, -0.2) is 8.42 Å². The summed E-state index contributed by atoms with van der Waals surface area (Å²) in [5, 5.41) is 2.92. The molecule has 1 amide bonds. The van der Waals surface area contributed by atoms with Gasteiger partial charge >= 0.3 is 0 Å². The number of carbonyl (C=O) groups is 1. The van der Waals surface area contributed by atoms with Gasteiger partial charge in [0.05, 0.1) is 6.26 Å². The second-order valence-electron chi connectivity index (χ2n) is 7.43. The smallest absolute Gasteiger partial charge is 0.238 e. The highest BCUT2D eigenvalue weighted by molar-refractivity contribution is 7.88. The number of nitrogens with one attached hydrogen (secondary N) is 1. The van der Waals surface area contributed by atoms with Crippen LogP contribution in [0.25, 0.3) is 0 Å². The molecule has 7 nitrogen and oxygen atoms in total. The van der Waals surface area contributed by atoms with Crippen molar-refractivity contribution < 1.29 is 13.2 Å². The third kappa shape index (κ3) is 5.75. The second kappa shape index (κ2) is 9.14. The summed E-state index contributed by atoms with van der Waals surface area (Å²) in [6, 6.07) is 9.96. The number of sulfonamides is 1. The Morgan fingerprint density at radius 3 is 2.41 bits per heavy atom. The molecule has 0 aliphatic carbocycles. The molecule has 0 radical (unpaired) electrons. The van der Waals surface area contributed by atoms with Gasteiger partial charge in [-0.05, 0) is 18.4 Å². The minimum atomic E-state index is -3.32.